The van der Waals surface area contributed by atoms with Crippen LogP contribution in [0, 0.1) is 11.8 Å². The first-order valence-corrected chi connectivity index (χ1v) is 32.3. The number of ether oxygens (including phenoxy) is 2. The number of aromatic nitrogens is 4. The molecule has 22 nitrogen and oxygen atoms in total. The number of nitrogens with zero attached hydrogens (tertiary/aromatic N) is 4. The van der Waals surface area contributed by atoms with Gasteiger partial charge in [0.2, 0.25) is 0 Å². The van der Waals surface area contributed by atoms with Gasteiger partial charge in [0.25, 0.3) is 0 Å². The summed E-state index contributed by atoms with van der Waals surface area (Å²) in [6.07, 6.45) is 17.0. The minimum atomic E-state index is -3.92. The Morgan fingerprint density at radius 3 is 1.14 bits per heavy atom. The van der Waals surface area contributed by atoms with Crippen LogP contribution in [0.2, 0.25) is 0 Å². The van der Waals surface area contributed by atoms with Gasteiger partial charge in [0.1, 0.15) is 24.6 Å². The van der Waals surface area contributed by atoms with Crippen LogP contribution in [0.25, 0.3) is 65.2 Å². The molecule has 78 heavy (non-hydrogen) atoms. The van der Waals surface area contributed by atoms with E-state index in [0.29, 0.717) is 25.0 Å². The van der Waals surface area contributed by atoms with E-state index in [4.69, 9.17) is 61.4 Å². The fraction of sp³-hybridized carbons (Fsp3) is 0.423. The van der Waals surface area contributed by atoms with Gasteiger partial charge in [-0.05, 0) is 123 Å². The molecule has 26 heteroatoms. The van der Waals surface area contributed by atoms with E-state index in [2.05, 4.69) is 114 Å². The van der Waals surface area contributed by atoms with Gasteiger partial charge in [-0.3, -0.25) is 9.80 Å². The maximum absolute atomic E-state index is 9.08. The number of likely N-dealkylation sites (tertiary alicyclic amines) is 2. The van der Waals surface area contributed by atoms with Crippen LogP contribution in [0.3, 0.4) is 0 Å². The Balaban J connectivity index is 0.000000423. The molecule has 8 N–H and O–H groups in total. The number of methoxy groups -OCH3 is 2. The van der Waals surface area contributed by atoms with Crippen molar-refractivity contribution in [1.29, 1.82) is 0 Å². The van der Waals surface area contributed by atoms with Crippen LogP contribution in [-0.2, 0) is 66.7 Å². The molecule has 8 aromatic rings. The van der Waals surface area contributed by atoms with Gasteiger partial charge >= 0.3 is 0 Å². The van der Waals surface area contributed by atoms with E-state index in [0.717, 1.165) is 73.6 Å². The summed E-state index contributed by atoms with van der Waals surface area (Å²) in [4.78, 5) is 12.8. The molecule has 2 saturated heterocycles. The second-order valence-electron chi connectivity index (χ2n) is 19.7. The summed E-state index contributed by atoms with van der Waals surface area (Å²) in [5.41, 5.74) is 15.6. The lowest BCUT2D eigenvalue weighted by Gasteiger charge is -2.39. The van der Waals surface area contributed by atoms with Gasteiger partial charge in [-0.1, -0.05) is 0 Å². The van der Waals surface area contributed by atoms with Crippen LogP contribution in [0.4, 0.5) is 0 Å². The summed E-state index contributed by atoms with van der Waals surface area (Å²) in [5, 5.41) is 10.1. The lowest BCUT2D eigenvalue weighted by atomic mass is 9.79. The zero-order valence-electron chi connectivity index (χ0n) is 44.7. The summed E-state index contributed by atoms with van der Waals surface area (Å²) in [6, 6.07) is 21.8. The van der Waals surface area contributed by atoms with Crippen molar-refractivity contribution in [2.45, 2.75) is 51.9 Å². The number of benzene rings is 4. The van der Waals surface area contributed by atoms with E-state index < -0.39 is 40.5 Å². The smallest absolute Gasteiger partial charge is 0.177 e. The topological polar surface area (TPSA) is 348 Å². The highest BCUT2D eigenvalue weighted by Gasteiger charge is 2.30. The second kappa shape index (κ2) is 26.1. The zero-order valence-corrected chi connectivity index (χ0v) is 48.0. The normalized spacial score (nSPS) is 15.3. The third-order valence-electron chi connectivity index (χ3n) is 13.8. The van der Waals surface area contributed by atoms with Crippen LogP contribution < -0.4 is 30.1 Å². The molecule has 6 heterocycles. The molecule has 10 rings (SSSR count). The predicted octanol–water partition coefficient (Wildman–Crippen LogP) is 2.11. The van der Waals surface area contributed by atoms with Crippen molar-refractivity contribution in [3.05, 3.63) is 96.6 Å². The highest BCUT2D eigenvalue weighted by atomic mass is 32.2. The van der Waals surface area contributed by atoms with E-state index in [-0.39, 0.29) is 0 Å². The van der Waals surface area contributed by atoms with E-state index >= 15 is 0 Å². The average molecular weight is 1160 g/mol. The highest BCUT2D eigenvalue weighted by molar-refractivity contribution is 7.85. The molecule has 2 aliphatic heterocycles. The van der Waals surface area contributed by atoms with Crippen molar-refractivity contribution in [2.75, 3.05) is 78.5 Å². The van der Waals surface area contributed by atoms with Gasteiger partial charge in [0, 0.05) is 80.9 Å². The molecule has 0 amide bonds. The number of H-pyrrole nitrogens is 2. The van der Waals surface area contributed by atoms with Crippen molar-refractivity contribution in [2.24, 2.45) is 11.8 Å². The van der Waals surface area contributed by atoms with Gasteiger partial charge in [-0.2, -0.15) is 0 Å². The van der Waals surface area contributed by atoms with Crippen molar-refractivity contribution in [3.63, 3.8) is 0 Å². The molecule has 0 aliphatic carbocycles. The molecule has 0 bridgehead atoms. The van der Waals surface area contributed by atoms with Crippen LogP contribution in [0.5, 0.6) is 11.5 Å². The van der Waals surface area contributed by atoms with Crippen molar-refractivity contribution >= 4 is 106 Å². The first-order chi connectivity index (χ1) is 36.5. The monoisotopic (exact) mass is 1160 g/mol. The quantitative estimate of drug-likeness (QED) is 0.106. The van der Waals surface area contributed by atoms with E-state index in [9.17, 15) is 0 Å². The molecule has 2 fully saturated rings. The standard InChI is InChI=1S/C48H54N8O2.4CH4O3S/c1-57-37-3-5-43-39(25-37)45-41-29-55(17-11-33(41)23-35(27-49)47(45)51-43)21-19-53-13-7-31(8-14-53)32-9-15-54(16-10-32)20-22-56-18-12-34-24-36(28-50)48-46(42(34)30-56)40-26-38(58-2)4-6-44(40)52-48;4*1-5(2,3)4/h3-6,11-12,17-18,23-26,29-32H,7-10,13-16,19-22,27-28,49-50H2,1-2H3;4*1H3,(H,2,3,4). The van der Waals surface area contributed by atoms with E-state index in [1.165, 1.54) is 117 Å². The number of quaternary nitrogens is 2. The van der Waals surface area contributed by atoms with E-state index in [1.54, 1.807) is 14.2 Å². The molecular formula is C52H70N8O14S4. The minimum Gasteiger partial charge on any atom is -0.748 e. The number of hydrogen-bond donors (Lipinski definition) is 4. The fourth-order valence-corrected chi connectivity index (χ4v) is 10.4. The second-order valence-corrected chi connectivity index (χ2v) is 25.3. The van der Waals surface area contributed by atoms with Gasteiger partial charge < -0.3 is 49.1 Å². The number of nitrogens with one attached hydrogen (secondary N) is 2. The summed E-state index contributed by atoms with van der Waals surface area (Å²) in [6.45, 7) is 10.5. The lowest BCUT2D eigenvalue weighted by Crippen LogP contribution is -2.47. The number of aromatic amines is 2. The Hall–Kier alpha value is -5.62. The Morgan fingerprint density at radius 2 is 0.846 bits per heavy atom. The van der Waals surface area contributed by atoms with Crippen molar-refractivity contribution in [1.82, 2.24) is 19.8 Å². The number of fused-ring (bicyclic) bond motifs is 10. The van der Waals surface area contributed by atoms with Crippen LogP contribution in [0.15, 0.2) is 85.5 Å². The molecular weight excluding hydrogens is 1090 g/mol. The maximum Gasteiger partial charge on any atom is 0.177 e. The van der Waals surface area contributed by atoms with Gasteiger partial charge in [-0.25, -0.2) is 42.8 Å². The third kappa shape index (κ3) is 18.2. The fourth-order valence-electron chi connectivity index (χ4n) is 10.4. The molecule has 4 aromatic carbocycles. The Kier molecular flexibility index (Phi) is 20.6. The van der Waals surface area contributed by atoms with Crippen molar-refractivity contribution in [3.8, 4) is 11.5 Å². The maximum atomic E-state index is 9.08. The van der Waals surface area contributed by atoms with Crippen LogP contribution in [0.1, 0.15) is 36.8 Å². The number of pyridine rings is 2. The summed E-state index contributed by atoms with van der Waals surface area (Å²) < 4.78 is 125. The number of hydrogen-bond acceptors (Lipinski definition) is 16. The minimum absolute atomic E-state index is 0.604. The van der Waals surface area contributed by atoms with Crippen LogP contribution >= 0.6 is 0 Å². The number of piperidine rings is 2. The van der Waals surface area contributed by atoms with Crippen LogP contribution in [-0.4, -0.2) is 150 Å². The summed E-state index contributed by atoms with van der Waals surface area (Å²) >= 11 is 0. The SMILES string of the molecule is COc1ccc2[nH]c3c(C[NH3+])cc4cc[n+](CCN5CCC(C6CCN(CC[n+]7ccc8cc(C[NH3+])c9[nH]c%10ccc(OC)cc%10c9c8c7)CC6)CC5)cc4c3c2c1.CS(=O)(=O)[O-].CS(=O)(=O)[O-].CS(=O)(=O)[O-].CS(=O)(=O)[O-]. The summed E-state index contributed by atoms with van der Waals surface area (Å²) in [7, 11) is -12.2. The molecule has 0 unspecified atom stereocenters. The predicted molar refractivity (Wildman–Crippen MR) is 294 cm³/mol. The Bertz CT molecular complexity index is 3510. The molecule has 426 valence electrons. The zero-order chi connectivity index (χ0) is 57.3. The lowest BCUT2D eigenvalue weighted by molar-refractivity contribution is -0.695. The van der Waals surface area contributed by atoms with Gasteiger partial charge in [-0.15, -0.1) is 0 Å². The average Bonchev–Trinajstić information content (AvgIpc) is 4.19. The molecule has 0 saturated carbocycles. The third-order valence-corrected chi connectivity index (χ3v) is 13.8. The molecule has 0 radical (unpaired) electrons. The molecule has 0 atom stereocenters. The molecule has 4 aromatic heterocycles. The van der Waals surface area contributed by atoms with Crippen molar-refractivity contribution < 1.29 is 82.0 Å². The number of rotatable bonds is 11. The van der Waals surface area contributed by atoms with Gasteiger partial charge in [0.05, 0.1) is 89.6 Å². The first kappa shape index (κ1) is 61.6. The van der Waals surface area contributed by atoms with Gasteiger partial charge in [0.15, 0.2) is 37.9 Å². The first-order valence-electron chi connectivity index (χ1n) is 25.0. The molecule has 2 aliphatic rings. The Labute approximate surface area is 455 Å². The highest BCUT2D eigenvalue weighted by Crippen LogP contribution is 2.38. The summed E-state index contributed by atoms with van der Waals surface area (Å²) in [5.74, 6) is 3.48. The Morgan fingerprint density at radius 1 is 0.526 bits per heavy atom. The van der Waals surface area contributed by atoms with E-state index in [1.807, 2.05) is 12.1 Å². The molecule has 0 spiro atoms. The largest absolute Gasteiger partial charge is 0.748 e.